The van der Waals surface area contributed by atoms with E-state index in [0.29, 0.717) is 5.01 Å². The molecule has 1 aromatic heterocycles. The van der Waals surface area contributed by atoms with E-state index in [1.165, 1.54) is 6.33 Å². The fourth-order valence-electron chi connectivity index (χ4n) is 0.316. The third kappa shape index (κ3) is 1.90. The average molecular weight is 162 g/mol. The van der Waals surface area contributed by atoms with Gasteiger partial charge in [-0.2, -0.15) is 12.8 Å². The van der Waals surface area contributed by atoms with Crippen molar-refractivity contribution in [2.45, 2.75) is 0 Å². The topological polar surface area (TPSA) is 59.9 Å². The second-order valence-corrected chi connectivity index (χ2v) is 2.73. The number of nitrogens with zero attached hydrogens (tertiary/aromatic N) is 2. The summed E-state index contributed by atoms with van der Waals surface area (Å²) in [6.45, 7) is 0. The lowest BCUT2D eigenvalue weighted by Gasteiger charge is -1.66. The van der Waals surface area contributed by atoms with E-state index in [1.807, 2.05) is 0 Å². The van der Waals surface area contributed by atoms with Gasteiger partial charge in [0.05, 0.1) is 5.37 Å². The summed E-state index contributed by atoms with van der Waals surface area (Å²) in [4.78, 5) is 3.62. The number of hydrogen-bond acceptors (Lipinski definition) is 5. The Morgan fingerprint density at radius 1 is 1.67 bits per heavy atom. The third-order valence-electron chi connectivity index (χ3n) is 0.575. The van der Waals surface area contributed by atoms with Gasteiger partial charge in [0.2, 0.25) is 10.3 Å². The van der Waals surface area contributed by atoms with Crippen molar-refractivity contribution in [2.75, 3.05) is 0 Å². The van der Waals surface area contributed by atoms with E-state index in [2.05, 4.69) is 9.36 Å². The molecule has 0 atom stereocenters. The molecule has 0 aliphatic heterocycles. The van der Waals surface area contributed by atoms with Gasteiger partial charge in [-0.15, -0.1) is 0 Å². The first-order valence-corrected chi connectivity index (χ1v) is 3.90. The molecule has 0 spiro atoms. The van der Waals surface area contributed by atoms with Crippen molar-refractivity contribution < 1.29 is 8.42 Å². The zero-order chi connectivity index (χ0) is 6.69. The van der Waals surface area contributed by atoms with Gasteiger partial charge in [0.25, 0.3) is 0 Å². The van der Waals surface area contributed by atoms with Crippen LogP contribution in [0.15, 0.2) is 6.33 Å². The maximum absolute atomic E-state index is 9.95. The zero-order valence-electron chi connectivity index (χ0n) is 4.18. The highest BCUT2D eigenvalue weighted by Gasteiger charge is 1.88. The molecule has 9 heavy (non-hydrogen) atoms. The van der Waals surface area contributed by atoms with Gasteiger partial charge in [0.15, 0.2) is 5.01 Å². The molecule has 0 aliphatic carbocycles. The van der Waals surface area contributed by atoms with Crippen molar-refractivity contribution in [2.24, 2.45) is 0 Å². The molecule has 0 saturated heterocycles. The summed E-state index contributed by atoms with van der Waals surface area (Å²) < 4.78 is 23.5. The second kappa shape index (κ2) is 2.70. The molecule has 0 saturated carbocycles. The van der Waals surface area contributed by atoms with Crippen LogP contribution in [0, 0.1) is 0 Å². The summed E-state index contributed by atoms with van der Waals surface area (Å²) in [5.74, 6) is 0. The van der Waals surface area contributed by atoms with Gasteiger partial charge in [-0.1, -0.05) is 0 Å². The normalized spacial score (nSPS) is 8.89. The molecule has 0 aliphatic rings. The van der Waals surface area contributed by atoms with Crippen molar-refractivity contribution in [1.29, 1.82) is 0 Å². The minimum absolute atomic E-state index is 0.406. The van der Waals surface area contributed by atoms with Crippen LogP contribution in [0.1, 0.15) is 5.01 Å². The fraction of sp³-hybridized carbons (Fsp3) is 0. The summed E-state index contributed by atoms with van der Waals surface area (Å²) >= 11 is 1.04. The SMILES string of the molecule is O=S(=O)=Cc1ncns1. The van der Waals surface area contributed by atoms with Gasteiger partial charge < -0.3 is 0 Å². The largest absolute Gasteiger partial charge is 0.222 e. The molecule has 4 nitrogen and oxygen atoms in total. The molecule has 0 N–H and O–H groups in total. The van der Waals surface area contributed by atoms with Crippen LogP contribution in [0.3, 0.4) is 0 Å². The van der Waals surface area contributed by atoms with Crippen LogP contribution in [0.5, 0.6) is 0 Å². The Bertz CT molecular complexity index is 291. The quantitative estimate of drug-likeness (QED) is 0.525. The molecule has 0 bridgehead atoms. The molecule has 0 radical (unpaired) electrons. The van der Waals surface area contributed by atoms with Crippen LogP contribution < -0.4 is 0 Å². The van der Waals surface area contributed by atoms with Crippen molar-refractivity contribution in [3.8, 4) is 0 Å². The summed E-state index contributed by atoms with van der Waals surface area (Å²) in [7, 11) is -2.16. The summed E-state index contributed by atoms with van der Waals surface area (Å²) in [5, 5.41) is 1.42. The van der Waals surface area contributed by atoms with Crippen LogP contribution in [0.2, 0.25) is 0 Å². The Kier molecular flexibility index (Phi) is 1.91. The van der Waals surface area contributed by atoms with E-state index in [9.17, 15) is 8.42 Å². The van der Waals surface area contributed by atoms with Crippen molar-refractivity contribution in [1.82, 2.24) is 9.36 Å². The second-order valence-electron chi connectivity index (χ2n) is 1.16. The molecule has 1 aromatic rings. The van der Waals surface area contributed by atoms with Crippen molar-refractivity contribution >= 4 is 27.2 Å². The molecule has 0 fully saturated rings. The first kappa shape index (κ1) is 6.37. The molecule has 48 valence electrons. The Hall–Kier alpha value is -0.750. The summed E-state index contributed by atoms with van der Waals surface area (Å²) in [6, 6.07) is 0. The highest BCUT2D eigenvalue weighted by molar-refractivity contribution is 7.72. The molecule has 6 heteroatoms. The third-order valence-corrected chi connectivity index (χ3v) is 1.75. The maximum atomic E-state index is 9.95. The summed E-state index contributed by atoms with van der Waals surface area (Å²) in [5.41, 5.74) is 0. The van der Waals surface area contributed by atoms with E-state index in [0.717, 1.165) is 16.9 Å². The van der Waals surface area contributed by atoms with Gasteiger partial charge in [-0.25, -0.2) is 4.98 Å². The first-order valence-electron chi connectivity index (χ1n) is 1.98. The number of rotatable bonds is 1. The Labute approximate surface area is 56.9 Å². The van der Waals surface area contributed by atoms with Crippen LogP contribution >= 0.6 is 11.5 Å². The van der Waals surface area contributed by atoms with Crippen LogP contribution in [0.4, 0.5) is 0 Å². The van der Waals surface area contributed by atoms with Crippen molar-refractivity contribution in [3.05, 3.63) is 11.3 Å². The van der Waals surface area contributed by atoms with Gasteiger partial charge in [-0.05, 0) is 11.5 Å². The van der Waals surface area contributed by atoms with E-state index in [4.69, 9.17) is 0 Å². The van der Waals surface area contributed by atoms with E-state index >= 15 is 0 Å². The van der Waals surface area contributed by atoms with E-state index < -0.39 is 10.3 Å². The van der Waals surface area contributed by atoms with E-state index in [1.54, 1.807) is 0 Å². The maximum Gasteiger partial charge on any atom is 0.217 e. The van der Waals surface area contributed by atoms with Gasteiger partial charge in [-0.3, -0.25) is 0 Å². The monoisotopic (exact) mass is 162 g/mol. The Balaban J connectivity index is 3.07. The molecular formula is C3H2N2O2S2. The lowest BCUT2D eigenvalue weighted by molar-refractivity contribution is 0.627. The van der Waals surface area contributed by atoms with Crippen LogP contribution in [-0.4, -0.2) is 23.1 Å². The number of aromatic nitrogens is 2. The molecule has 0 amide bonds. The predicted molar refractivity (Wildman–Crippen MR) is 34.0 cm³/mol. The fourth-order valence-corrected chi connectivity index (χ4v) is 1.25. The number of hydrogen-bond donors (Lipinski definition) is 0. The minimum atomic E-state index is -2.16. The lowest BCUT2D eigenvalue weighted by Crippen LogP contribution is -1.76. The molecule has 0 aromatic carbocycles. The predicted octanol–water partition coefficient (Wildman–Crippen LogP) is -0.432. The smallest absolute Gasteiger partial charge is 0.217 e. The van der Waals surface area contributed by atoms with E-state index in [-0.39, 0.29) is 0 Å². The average Bonchev–Trinajstić information content (AvgIpc) is 2.15. The van der Waals surface area contributed by atoms with Gasteiger partial charge in [0.1, 0.15) is 6.33 Å². The Morgan fingerprint density at radius 2 is 2.44 bits per heavy atom. The highest BCUT2D eigenvalue weighted by Crippen LogP contribution is 1.92. The van der Waals surface area contributed by atoms with Gasteiger partial charge >= 0.3 is 0 Å². The van der Waals surface area contributed by atoms with Gasteiger partial charge in [0, 0.05) is 0 Å². The van der Waals surface area contributed by atoms with Crippen molar-refractivity contribution in [3.63, 3.8) is 0 Å². The zero-order valence-corrected chi connectivity index (χ0v) is 5.82. The minimum Gasteiger partial charge on any atom is -0.222 e. The Morgan fingerprint density at radius 3 is 2.89 bits per heavy atom. The first-order chi connectivity index (χ1) is 4.29. The highest BCUT2D eigenvalue weighted by atomic mass is 32.2. The summed E-state index contributed by atoms with van der Waals surface area (Å²) in [6.07, 6.45) is 1.31. The molecule has 1 heterocycles. The standard InChI is InChI=1S/C3H2N2O2S2/c6-9(7)1-3-4-2-5-8-3/h1-2H. The molecule has 1 rings (SSSR count). The molecular weight excluding hydrogens is 160 g/mol. The molecule has 0 unspecified atom stereocenters. The lowest BCUT2D eigenvalue weighted by atomic mass is 10.8. The van der Waals surface area contributed by atoms with Crippen LogP contribution in [0.25, 0.3) is 0 Å². The van der Waals surface area contributed by atoms with Crippen LogP contribution in [-0.2, 0) is 10.3 Å².